The molecule has 2 heteroatoms. The Bertz CT molecular complexity index is 516. The summed E-state index contributed by atoms with van der Waals surface area (Å²) in [5.41, 5.74) is 9.57. The van der Waals surface area contributed by atoms with Gasteiger partial charge in [0.2, 0.25) is 0 Å². The van der Waals surface area contributed by atoms with E-state index >= 15 is 0 Å². The Morgan fingerprint density at radius 2 is 1.67 bits per heavy atom. The summed E-state index contributed by atoms with van der Waals surface area (Å²) in [6.45, 7) is 13.1. The fourth-order valence-corrected chi connectivity index (χ4v) is 2.78. The zero-order valence-electron chi connectivity index (χ0n) is 14.5. The molecule has 0 bridgehead atoms. The third-order valence-electron chi connectivity index (χ3n) is 4.50. The molecular weight excluding hydrogens is 258 g/mol. The summed E-state index contributed by atoms with van der Waals surface area (Å²) in [4.78, 5) is 0. The Morgan fingerprint density at radius 1 is 1.10 bits per heavy atom. The van der Waals surface area contributed by atoms with E-state index in [1.807, 2.05) is 0 Å². The molecule has 0 spiro atoms. The minimum Gasteiger partial charge on any atom is -0.507 e. The van der Waals surface area contributed by atoms with Gasteiger partial charge < -0.3 is 10.8 Å². The molecule has 1 atom stereocenters. The Morgan fingerprint density at radius 3 is 2.10 bits per heavy atom. The monoisotopic (exact) mass is 289 g/mol. The zero-order valence-corrected chi connectivity index (χ0v) is 14.5. The smallest absolute Gasteiger partial charge is 0.124 e. The van der Waals surface area contributed by atoms with E-state index in [9.17, 15) is 5.11 Å². The van der Waals surface area contributed by atoms with Gasteiger partial charge >= 0.3 is 0 Å². The van der Waals surface area contributed by atoms with Gasteiger partial charge in [-0.3, -0.25) is 0 Å². The number of aromatic hydroxyl groups is 1. The van der Waals surface area contributed by atoms with Gasteiger partial charge in [0.15, 0.2) is 0 Å². The second-order valence-electron chi connectivity index (χ2n) is 8.75. The van der Waals surface area contributed by atoms with Gasteiger partial charge in [0.25, 0.3) is 0 Å². The van der Waals surface area contributed by atoms with Crippen molar-refractivity contribution in [3.05, 3.63) is 28.8 Å². The molecule has 0 aromatic heterocycles. The predicted octanol–water partition coefficient (Wildman–Crippen LogP) is 4.79. The number of phenols is 1. The zero-order chi connectivity index (χ0) is 16.0. The maximum Gasteiger partial charge on any atom is 0.124 e. The third kappa shape index (κ3) is 3.79. The number of hydrogen-bond donors (Lipinski definition) is 2. The van der Waals surface area contributed by atoms with Crippen LogP contribution in [-0.4, -0.2) is 5.11 Å². The predicted molar refractivity (Wildman–Crippen MR) is 89.8 cm³/mol. The van der Waals surface area contributed by atoms with Crippen molar-refractivity contribution in [2.45, 2.75) is 77.7 Å². The van der Waals surface area contributed by atoms with Gasteiger partial charge in [-0.05, 0) is 40.4 Å². The van der Waals surface area contributed by atoms with Crippen molar-refractivity contribution in [3.8, 4) is 5.75 Å². The van der Waals surface area contributed by atoms with E-state index in [0.29, 0.717) is 5.75 Å². The molecule has 0 aliphatic heterocycles. The quantitative estimate of drug-likeness (QED) is 0.840. The molecule has 21 heavy (non-hydrogen) atoms. The molecule has 0 heterocycles. The number of benzene rings is 1. The molecule has 1 aliphatic carbocycles. The fourth-order valence-electron chi connectivity index (χ4n) is 2.78. The topological polar surface area (TPSA) is 46.2 Å². The van der Waals surface area contributed by atoms with Crippen molar-refractivity contribution in [2.75, 3.05) is 0 Å². The highest BCUT2D eigenvalue weighted by Gasteiger charge is 2.29. The molecule has 2 nitrogen and oxygen atoms in total. The van der Waals surface area contributed by atoms with Crippen molar-refractivity contribution >= 4 is 0 Å². The van der Waals surface area contributed by atoms with E-state index in [1.165, 1.54) is 18.4 Å². The molecule has 0 saturated heterocycles. The van der Waals surface area contributed by atoms with Crippen LogP contribution in [0.15, 0.2) is 12.1 Å². The van der Waals surface area contributed by atoms with Crippen LogP contribution < -0.4 is 5.73 Å². The van der Waals surface area contributed by atoms with Gasteiger partial charge in [-0.25, -0.2) is 0 Å². The van der Waals surface area contributed by atoms with E-state index in [-0.39, 0.29) is 16.9 Å². The third-order valence-corrected chi connectivity index (χ3v) is 4.50. The number of nitrogens with two attached hydrogens (primary N) is 1. The van der Waals surface area contributed by atoms with Crippen LogP contribution in [0.4, 0.5) is 0 Å². The highest BCUT2D eigenvalue weighted by atomic mass is 16.3. The highest BCUT2D eigenvalue weighted by molar-refractivity contribution is 5.50. The number of hydrogen-bond acceptors (Lipinski definition) is 2. The van der Waals surface area contributed by atoms with E-state index in [0.717, 1.165) is 23.5 Å². The molecule has 2 rings (SSSR count). The Hall–Kier alpha value is -1.02. The van der Waals surface area contributed by atoms with Crippen LogP contribution in [0.2, 0.25) is 0 Å². The van der Waals surface area contributed by atoms with Gasteiger partial charge in [-0.1, -0.05) is 60.5 Å². The molecule has 1 aliphatic rings. The van der Waals surface area contributed by atoms with Crippen LogP contribution in [-0.2, 0) is 10.8 Å². The molecule has 3 N–H and O–H groups in total. The van der Waals surface area contributed by atoms with Crippen LogP contribution >= 0.6 is 0 Å². The number of phenolic OH excluding ortho intramolecular Hbond substituents is 1. The van der Waals surface area contributed by atoms with Gasteiger partial charge in [0, 0.05) is 11.6 Å². The molecule has 118 valence electrons. The van der Waals surface area contributed by atoms with Crippen LogP contribution in [0, 0.1) is 5.92 Å². The largest absolute Gasteiger partial charge is 0.507 e. The summed E-state index contributed by atoms with van der Waals surface area (Å²) in [7, 11) is 0. The SMILES string of the molecule is CC(C)(C)c1cc([C@@H](N)CC2CC2)c(O)c(C(C)(C)C)c1. The van der Waals surface area contributed by atoms with Crippen molar-refractivity contribution in [3.63, 3.8) is 0 Å². The van der Waals surface area contributed by atoms with Crippen LogP contribution in [0.25, 0.3) is 0 Å². The van der Waals surface area contributed by atoms with E-state index < -0.39 is 0 Å². The Labute approximate surface area is 129 Å². The first-order valence-electron chi connectivity index (χ1n) is 8.13. The molecule has 1 fully saturated rings. The summed E-state index contributed by atoms with van der Waals surface area (Å²) in [6, 6.07) is 4.22. The van der Waals surface area contributed by atoms with Crippen molar-refractivity contribution in [1.29, 1.82) is 0 Å². The molecular formula is C19H31NO. The standard InChI is InChI=1S/C19H31NO/c1-18(2,3)13-10-14(16(20)9-12-7-8-12)17(21)15(11-13)19(4,5)6/h10-12,16,21H,7-9,20H2,1-6H3/t16-/m0/s1. The summed E-state index contributed by atoms with van der Waals surface area (Å²) in [5, 5.41) is 10.7. The molecule has 0 unspecified atom stereocenters. The van der Waals surface area contributed by atoms with Crippen LogP contribution in [0.1, 0.15) is 83.5 Å². The molecule has 1 aromatic rings. The Kier molecular flexibility index (Phi) is 4.14. The van der Waals surface area contributed by atoms with Gasteiger partial charge in [-0.15, -0.1) is 0 Å². The minimum atomic E-state index is -0.0839. The van der Waals surface area contributed by atoms with Gasteiger partial charge in [0.1, 0.15) is 5.75 Å². The molecule has 1 aromatic carbocycles. The van der Waals surface area contributed by atoms with E-state index in [2.05, 4.69) is 53.7 Å². The maximum absolute atomic E-state index is 10.7. The highest BCUT2D eigenvalue weighted by Crippen LogP contribution is 2.43. The lowest BCUT2D eigenvalue weighted by molar-refractivity contribution is 0.428. The van der Waals surface area contributed by atoms with Crippen LogP contribution in [0.3, 0.4) is 0 Å². The first-order chi connectivity index (χ1) is 9.50. The van der Waals surface area contributed by atoms with E-state index in [4.69, 9.17) is 5.73 Å². The second kappa shape index (κ2) is 5.31. The average molecular weight is 289 g/mol. The Balaban J connectivity index is 2.51. The summed E-state index contributed by atoms with van der Waals surface area (Å²) >= 11 is 0. The summed E-state index contributed by atoms with van der Waals surface area (Å²) < 4.78 is 0. The first kappa shape index (κ1) is 16.4. The minimum absolute atomic E-state index is 0.0547. The van der Waals surface area contributed by atoms with Crippen LogP contribution in [0.5, 0.6) is 5.75 Å². The summed E-state index contributed by atoms with van der Waals surface area (Å²) in [5.74, 6) is 1.17. The molecule has 0 amide bonds. The molecule has 1 saturated carbocycles. The second-order valence-corrected chi connectivity index (χ2v) is 8.75. The number of rotatable bonds is 3. The van der Waals surface area contributed by atoms with Gasteiger partial charge in [-0.2, -0.15) is 0 Å². The average Bonchev–Trinajstić information content (AvgIpc) is 3.09. The normalized spacial score (nSPS) is 17.9. The lowest BCUT2D eigenvalue weighted by Crippen LogP contribution is -2.20. The van der Waals surface area contributed by atoms with E-state index in [1.54, 1.807) is 0 Å². The first-order valence-corrected chi connectivity index (χ1v) is 8.13. The van der Waals surface area contributed by atoms with Crippen molar-refractivity contribution in [1.82, 2.24) is 0 Å². The maximum atomic E-state index is 10.7. The van der Waals surface area contributed by atoms with Crippen molar-refractivity contribution < 1.29 is 5.11 Å². The van der Waals surface area contributed by atoms with Gasteiger partial charge in [0.05, 0.1) is 0 Å². The summed E-state index contributed by atoms with van der Waals surface area (Å²) in [6.07, 6.45) is 3.57. The molecule has 0 radical (unpaired) electrons. The fraction of sp³-hybridized carbons (Fsp3) is 0.684. The lowest BCUT2D eigenvalue weighted by atomic mass is 9.78. The van der Waals surface area contributed by atoms with Crippen molar-refractivity contribution in [2.24, 2.45) is 11.7 Å². The lowest BCUT2D eigenvalue weighted by Gasteiger charge is -2.29.